The van der Waals surface area contributed by atoms with E-state index in [4.69, 9.17) is 4.74 Å². The van der Waals surface area contributed by atoms with Gasteiger partial charge in [0.1, 0.15) is 5.75 Å². The molecule has 1 saturated heterocycles. The van der Waals surface area contributed by atoms with Crippen LogP contribution in [-0.2, 0) is 21.2 Å². The number of methoxy groups -OCH3 is 1. The maximum Gasteiger partial charge on any atom is 0.243 e. The van der Waals surface area contributed by atoms with Crippen LogP contribution in [0, 0.1) is 0 Å². The molecule has 7 heteroatoms. The zero-order valence-corrected chi connectivity index (χ0v) is 13.1. The SMILES string of the molecule is CCc1cc(S(=O)(=O)N2CCN(C=O)CC2)ccc1OC. The van der Waals surface area contributed by atoms with Crippen molar-refractivity contribution in [2.24, 2.45) is 0 Å². The van der Waals surface area contributed by atoms with Gasteiger partial charge in [0.25, 0.3) is 0 Å². The highest BCUT2D eigenvalue weighted by molar-refractivity contribution is 7.89. The van der Waals surface area contributed by atoms with E-state index in [1.54, 1.807) is 30.2 Å². The Labute approximate surface area is 125 Å². The Morgan fingerprint density at radius 1 is 1.24 bits per heavy atom. The molecule has 6 nitrogen and oxygen atoms in total. The Morgan fingerprint density at radius 3 is 2.43 bits per heavy atom. The molecule has 1 amide bonds. The molecule has 0 aliphatic carbocycles. The van der Waals surface area contributed by atoms with Crippen LogP contribution in [0.1, 0.15) is 12.5 Å². The fourth-order valence-electron chi connectivity index (χ4n) is 2.39. The Bertz CT molecular complexity index is 607. The van der Waals surface area contributed by atoms with E-state index in [2.05, 4.69) is 0 Å². The average Bonchev–Trinajstić information content (AvgIpc) is 2.54. The third-order valence-electron chi connectivity index (χ3n) is 3.69. The summed E-state index contributed by atoms with van der Waals surface area (Å²) in [6.07, 6.45) is 1.46. The Morgan fingerprint density at radius 2 is 1.90 bits per heavy atom. The lowest BCUT2D eigenvalue weighted by molar-refractivity contribution is -0.119. The molecule has 0 N–H and O–H groups in total. The van der Waals surface area contributed by atoms with Crippen LogP contribution in [0.5, 0.6) is 5.75 Å². The standard InChI is InChI=1S/C14H20N2O4S/c1-3-12-10-13(4-5-14(12)20-2)21(18,19)16-8-6-15(11-17)7-9-16/h4-5,10-11H,3,6-9H2,1-2H3. The van der Waals surface area contributed by atoms with Gasteiger partial charge in [0, 0.05) is 26.2 Å². The quantitative estimate of drug-likeness (QED) is 0.752. The number of sulfonamides is 1. The van der Waals surface area contributed by atoms with E-state index in [1.807, 2.05) is 6.92 Å². The summed E-state index contributed by atoms with van der Waals surface area (Å²) in [5, 5.41) is 0. The molecular formula is C14H20N2O4S. The highest BCUT2D eigenvalue weighted by Gasteiger charge is 2.28. The summed E-state index contributed by atoms with van der Waals surface area (Å²) in [6, 6.07) is 4.92. The summed E-state index contributed by atoms with van der Waals surface area (Å²) >= 11 is 0. The van der Waals surface area contributed by atoms with Crippen LogP contribution in [0.3, 0.4) is 0 Å². The van der Waals surface area contributed by atoms with Crippen molar-refractivity contribution in [1.29, 1.82) is 0 Å². The van der Waals surface area contributed by atoms with Crippen LogP contribution in [0.25, 0.3) is 0 Å². The van der Waals surface area contributed by atoms with Crippen molar-refractivity contribution in [3.63, 3.8) is 0 Å². The van der Waals surface area contributed by atoms with Gasteiger partial charge >= 0.3 is 0 Å². The first-order valence-corrected chi connectivity index (χ1v) is 8.33. The highest BCUT2D eigenvalue weighted by Crippen LogP contribution is 2.25. The molecule has 1 aliphatic rings. The molecule has 0 saturated carbocycles. The zero-order valence-electron chi connectivity index (χ0n) is 12.3. The Balaban J connectivity index is 2.26. The predicted octanol–water partition coefficient (Wildman–Crippen LogP) is 0.720. The highest BCUT2D eigenvalue weighted by atomic mass is 32.2. The fourth-order valence-corrected chi connectivity index (χ4v) is 3.86. The van der Waals surface area contributed by atoms with Crippen molar-refractivity contribution in [2.45, 2.75) is 18.2 Å². The molecule has 1 aromatic rings. The van der Waals surface area contributed by atoms with E-state index in [1.165, 1.54) is 4.31 Å². The molecule has 116 valence electrons. The first kappa shape index (κ1) is 15.8. The van der Waals surface area contributed by atoms with Gasteiger partial charge in [-0.25, -0.2) is 8.42 Å². The van der Waals surface area contributed by atoms with Gasteiger partial charge in [0.15, 0.2) is 0 Å². The molecule has 1 heterocycles. The number of aryl methyl sites for hydroxylation is 1. The van der Waals surface area contributed by atoms with Crippen LogP contribution < -0.4 is 4.74 Å². The number of carbonyl (C=O) groups is 1. The van der Waals surface area contributed by atoms with E-state index in [0.29, 0.717) is 38.3 Å². The predicted molar refractivity (Wildman–Crippen MR) is 78.8 cm³/mol. The Hall–Kier alpha value is -1.60. The topological polar surface area (TPSA) is 66.9 Å². The molecule has 2 rings (SSSR count). The number of hydrogen-bond acceptors (Lipinski definition) is 4. The molecule has 0 aromatic heterocycles. The van der Waals surface area contributed by atoms with E-state index in [9.17, 15) is 13.2 Å². The van der Waals surface area contributed by atoms with E-state index in [-0.39, 0.29) is 4.90 Å². The van der Waals surface area contributed by atoms with Gasteiger partial charge in [-0.1, -0.05) is 6.92 Å². The van der Waals surface area contributed by atoms with Crippen molar-refractivity contribution >= 4 is 16.4 Å². The summed E-state index contributed by atoms with van der Waals surface area (Å²) in [5.41, 5.74) is 0.866. The van der Waals surface area contributed by atoms with Crippen molar-refractivity contribution in [3.8, 4) is 5.75 Å². The minimum Gasteiger partial charge on any atom is -0.496 e. The van der Waals surface area contributed by atoms with Crippen molar-refractivity contribution < 1.29 is 17.9 Å². The van der Waals surface area contributed by atoms with E-state index >= 15 is 0 Å². The summed E-state index contributed by atoms with van der Waals surface area (Å²) in [6.45, 7) is 3.47. The maximum atomic E-state index is 12.6. The molecule has 1 aromatic carbocycles. The van der Waals surface area contributed by atoms with E-state index in [0.717, 1.165) is 12.0 Å². The molecule has 21 heavy (non-hydrogen) atoms. The lowest BCUT2D eigenvalue weighted by atomic mass is 10.1. The number of benzene rings is 1. The van der Waals surface area contributed by atoms with E-state index < -0.39 is 10.0 Å². The number of ether oxygens (including phenoxy) is 1. The number of amides is 1. The van der Waals surface area contributed by atoms with Crippen LogP contribution in [0.15, 0.2) is 23.1 Å². The molecule has 0 bridgehead atoms. The van der Waals surface area contributed by atoms with Gasteiger partial charge < -0.3 is 9.64 Å². The monoisotopic (exact) mass is 312 g/mol. The molecule has 0 atom stereocenters. The lowest BCUT2D eigenvalue weighted by Crippen LogP contribution is -2.47. The van der Waals surface area contributed by atoms with Crippen molar-refractivity contribution in [1.82, 2.24) is 9.21 Å². The van der Waals surface area contributed by atoms with Gasteiger partial charge in [-0.05, 0) is 30.2 Å². The minimum atomic E-state index is -3.52. The summed E-state index contributed by atoms with van der Waals surface area (Å²) in [4.78, 5) is 12.5. The zero-order chi connectivity index (χ0) is 15.5. The molecule has 1 fully saturated rings. The van der Waals surface area contributed by atoms with Gasteiger partial charge in [0.05, 0.1) is 12.0 Å². The molecule has 0 spiro atoms. The second-order valence-corrected chi connectivity index (χ2v) is 6.81. The third-order valence-corrected chi connectivity index (χ3v) is 5.59. The maximum absolute atomic E-state index is 12.6. The average molecular weight is 312 g/mol. The van der Waals surface area contributed by atoms with Gasteiger partial charge in [-0.2, -0.15) is 4.31 Å². The molecule has 1 aliphatic heterocycles. The van der Waals surface area contributed by atoms with Crippen molar-refractivity contribution in [2.75, 3.05) is 33.3 Å². The van der Waals surface area contributed by atoms with Gasteiger partial charge in [-0.3, -0.25) is 4.79 Å². The van der Waals surface area contributed by atoms with Crippen LogP contribution in [0.2, 0.25) is 0 Å². The number of nitrogens with zero attached hydrogens (tertiary/aromatic N) is 2. The van der Waals surface area contributed by atoms with Gasteiger partial charge in [-0.15, -0.1) is 0 Å². The number of hydrogen-bond donors (Lipinski definition) is 0. The van der Waals surface area contributed by atoms with Crippen LogP contribution >= 0.6 is 0 Å². The smallest absolute Gasteiger partial charge is 0.243 e. The third kappa shape index (κ3) is 3.19. The summed E-state index contributed by atoms with van der Waals surface area (Å²) in [5.74, 6) is 0.697. The fraction of sp³-hybridized carbons (Fsp3) is 0.500. The molecular weight excluding hydrogens is 292 g/mol. The van der Waals surface area contributed by atoms with Crippen molar-refractivity contribution in [3.05, 3.63) is 23.8 Å². The second kappa shape index (κ2) is 6.44. The number of piperazine rings is 1. The summed E-state index contributed by atoms with van der Waals surface area (Å²) < 4.78 is 31.9. The molecule has 0 radical (unpaired) electrons. The normalized spacial score (nSPS) is 16.8. The second-order valence-electron chi connectivity index (χ2n) is 4.87. The Kier molecular flexibility index (Phi) is 4.84. The van der Waals surface area contributed by atoms with Crippen LogP contribution in [-0.4, -0.2) is 57.3 Å². The lowest BCUT2D eigenvalue weighted by Gasteiger charge is -2.31. The number of carbonyl (C=O) groups excluding carboxylic acids is 1. The molecule has 0 unspecified atom stereocenters. The first-order valence-electron chi connectivity index (χ1n) is 6.89. The summed E-state index contributed by atoms with van der Waals surface area (Å²) in [7, 11) is -1.95. The number of rotatable bonds is 5. The first-order chi connectivity index (χ1) is 10.0. The largest absolute Gasteiger partial charge is 0.496 e. The van der Waals surface area contributed by atoms with Gasteiger partial charge in [0.2, 0.25) is 16.4 Å². The minimum absolute atomic E-state index is 0.278. The van der Waals surface area contributed by atoms with Crippen LogP contribution in [0.4, 0.5) is 0 Å².